The first kappa shape index (κ1) is 10.2. The maximum Gasteiger partial charge on any atom is 0.197 e. The number of hydrogen-bond donors (Lipinski definition) is 0. The van der Waals surface area contributed by atoms with Gasteiger partial charge in [0.05, 0.1) is 5.76 Å². The van der Waals surface area contributed by atoms with Gasteiger partial charge in [-0.05, 0) is 32.4 Å². The maximum atomic E-state index is 5.83. The number of rotatable bonds is 1. The van der Waals surface area contributed by atoms with Crippen molar-refractivity contribution in [2.75, 3.05) is 0 Å². The van der Waals surface area contributed by atoms with Gasteiger partial charge in [-0.3, -0.25) is 0 Å². The van der Waals surface area contributed by atoms with Crippen LogP contribution in [0.15, 0.2) is 42.2 Å². The summed E-state index contributed by atoms with van der Waals surface area (Å²) >= 11 is 0. The molecule has 0 saturated heterocycles. The van der Waals surface area contributed by atoms with Gasteiger partial charge in [-0.1, -0.05) is 30.3 Å². The molecule has 1 aliphatic heterocycles. The molecule has 0 spiro atoms. The van der Waals surface area contributed by atoms with E-state index in [4.69, 9.17) is 9.47 Å². The molecule has 1 heterocycles. The molecule has 0 bridgehead atoms. The fourth-order valence-corrected chi connectivity index (χ4v) is 2.01. The van der Waals surface area contributed by atoms with Crippen molar-refractivity contribution in [3.05, 3.63) is 47.7 Å². The highest BCUT2D eigenvalue weighted by atomic mass is 16.7. The second-order valence-corrected chi connectivity index (χ2v) is 4.03. The summed E-state index contributed by atoms with van der Waals surface area (Å²) in [6.07, 6.45) is 1.82. The van der Waals surface area contributed by atoms with Gasteiger partial charge >= 0.3 is 0 Å². The minimum absolute atomic E-state index is 0.194. The molecule has 2 atom stereocenters. The van der Waals surface area contributed by atoms with Crippen LogP contribution in [0.5, 0.6) is 0 Å². The third-order valence-electron chi connectivity index (χ3n) is 2.59. The largest absolute Gasteiger partial charge is 0.470 e. The molecule has 0 saturated carbocycles. The van der Waals surface area contributed by atoms with Crippen LogP contribution in [-0.4, -0.2) is 6.29 Å². The van der Waals surface area contributed by atoms with E-state index < -0.39 is 0 Å². The first-order chi connectivity index (χ1) is 7.10. The number of ether oxygens (including phenoxy) is 2. The van der Waals surface area contributed by atoms with Gasteiger partial charge in [0.1, 0.15) is 5.60 Å². The Labute approximate surface area is 90.5 Å². The van der Waals surface area contributed by atoms with Crippen LogP contribution in [0, 0.1) is 0 Å². The molecular weight excluding hydrogens is 188 g/mol. The Morgan fingerprint density at radius 1 is 1.20 bits per heavy atom. The van der Waals surface area contributed by atoms with Gasteiger partial charge < -0.3 is 9.47 Å². The van der Waals surface area contributed by atoms with Crippen LogP contribution in [0.25, 0.3) is 0 Å². The van der Waals surface area contributed by atoms with Crippen LogP contribution in [0.2, 0.25) is 0 Å². The van der Waals surface area contributed by atoms with Crippen molar-refractivity contribution in [3.63, 3.8) is 0 Å². The summed E-state index contributed by atoms with van der Waals surface area (Å²) in [6.45, 7) is 5.93. The maximum absolute atomic E-state index is 5.83. The van der Waals surface area contributed by atoms with Crippen molar-refractivity contribution < 1.29 is 9.47 Å². The van der Waals surface area contributed by atoms with Crippen LogP contribution in [0.1, 0.15) is 26.3 Å². The summed E-state index contributed by atoms with van der Waals surface area (Å²) in [6, 6.07) is 10.2. The van der Waals surface area contributed by atoms with Gasteiger partial charge in [0.25, 0.3) is 0 Å². The van der Waals surface area contributed by atoms with Crippen molar-refractivity contribution >= 4 is 0 Å². The second-order valence-electron chi connectivity index (χ2n) is 4.03. The molecule has 2 rings (SSSR count). The monoisotopic (exact) mass is 204 g/mol. The Balaban J connectivity index is 2.38. The predicted molar refractivity (Wildman–Crippen MR) is 59.2 cm³/mol. The summed E-state index contributed by atoms with van der Waals surface area (Å²) in [5, 5.41) is 0. The minimum Gasteiger partial charge on any atom is -0.470 e. The van der Waals surface area contributed by atoms with Crippen LogP contribution < -0.4 is 0 Å². The Hall–Kier alpha value is -1.28. The van der Waals surface area contributed by atoms with Gasteiger partial charge in [0.15, 0.2) is 6.29 Å². The SMILES string of the molecule is CC1=CC(C)(c2ccccc2)OC(C)O1. The highest BCUT2D eigenvalue weighted by molar-refractivity contribution is 5.28. The van der Waals surface area contributed by atoms with Crippen molar-refractivity contribution in [1.29, 1.82) is 0 Å². The van der Waals surface area contributed by atoms with Crippen molar-refractivity contribution in [2.45, 2.75) is 32.7 Å². The highest BCUT2D eigenvalue weighted by Gasteiger charge is 2.31. The molecule has 2 unspecified atom stereocenters. The molecule has 1 aromatic rings. The third kappa shape index (κ3) is 2.05. The molecule has 1 aromatic carbocycles. The fraction of sp³-hybridized carbons (Fsp3) is 0.385. The number of allylic oxidation sites excluding steroid dienone is 1. The standard InChI is InChI=1S/C13H16O2/c1-10-9-13(3,15-11(2)14-10)12-7-5-4-6-8-12/h4-9,11H,1-3H3. The molecule has 80 valence electrons. The van der Waals surface area contributed by atoms with E-state index in [-0.39, 0.29) is 11.9 Å². The minimum atomic E-state index is -0.372. The number of benzene rings is 1. The lowest BCUT2D eigenvalue weighted by molar-refractivity contribution is -0.184. The predicted octanol–water partition coefficient (Wildman–Crippen LogP) is 3.20. The van der Waals surface area contributed by atoms with Crippen molar-refractivity contribution in [2.24, 2.45) is 0 Å². The number of hydrogen-bond acceptors (Lipinski definition) is 2. The summed E-state index contributed by atoms with van der Waals surface area (Å²) in [5.41, 5.74) is 0.780. The average Bonchev–Trinajstić information content (AvgIpc) is 2.17. The first-order valence-electron chi connectivity index (χ1n) is 5.20. The van der Waals surface area contributed by atoms with Crippen molar-refractivity contribution in [3.8, 4) is 0 Å². The lowest BCUT2D eigenvalue weighted by Crippen LogP contribution is -2.33. The van der Waals surface area contributed by atoms with Gasteiger partial charge in [-0.25, -0.2) is 0 Å². The molecule has 0 radical (unpaired) electrons. The quantitative estimate of drug-likeness (QED) is 0.699. The first-order valence-corrected chi connectivity index (χ1v) is 5.20. The molecule has 2 nitrogen and oxygen atoms in total. The van der Waals surface area contributed by atoms with E-state index in [9.17, 15) is 0 Å². The zero-order valence-electron chi connectivity index (χ0n) is 9.36. The van der Waals surface area contributed by atoms with Crippen LogP contribution in [0.3, 0.4) is 0 Å². The summed E-state index contributed by atoms with van der Waals surface area (Å²) in [4.78, 5) is 0. The normalized spacial score (nSPS) is 30.6. The average molecular weight is 204 g/mol. The van der Waals surface area contributed by atoms with Crippen LogP contribution >= 0.6 is 0 Å². The van der Waals surface area contributed by atoms with Gasteiger partial charge in [0.2, 0.25) is 0 Å². The van der Waals surface area contributed by atoms with E-state index in [1.54, 1.807) is 0 Å². The fourth-order valence-electron chi connectivity index (χ4n) is 2.01. The topological polar surface area (TPSA) is 18.5 Å². The van der Waals surface area contributed by atoms with E-state index >= 15 is 0 Å². The summed E-state index contributed by atoms with van der Waals surface area (Å²) < 4.78 is 11.3. The molecule has 1 aliphatic rings. The van der Waals surface area contributed by atoms with Crippen molar-refractivity contribution in [1.82, 2.24) is 0 Å². The van der Waals surface area contributed by atoms with E-state index in [1.165, 1.54) is 0 Å². The van der Waals surface area contributed by atoms with Gasteiger partial charge in [-0.2, -0.15) is 0 Å². The Bertz CT molecular complexity index is 369. The van der Waals surface area contributed by atoms with Gasteiger partial charge in [-0.15, -0.1) is 0 Å². The molecule has 0 aliphatic carbocycles. The van der Waals surface area contributed by atoms with Crippen LogP contribution in [-0.2, 0) is 15.1 Å². The zero-order valence-corrected chi connectivity index (χ0v) is 9.36. The van der Waals surface area contributed by atoms with Crippen LogP contribution in [0.4, 0.5) is 0 Å². The second kappa shape index (κ2) is 3.70. The highest BCUT2D eigenvalue weighted by Crippen LogP contribution is 2.33. The van der Waals surface area contributed by atoms with E-state index in [1.807, 2.05) is 38.1 Å². The smallest absolute Gasteiger partial charge is 0.197 e. The van der Waals surface area contributed by atoms with Gasteiger partial charge in [0, 0.05) is 0 Å². The molecule has 15 heavy (non-hydrogen) atoms. The lowest BCUT2D eigenvalue weighted by atomic mass is 9.94. The molecule has 0 aromatic heterocycles. The van der Waals surface area contributed by atoms with E-state index in [2.05, 4.69) is 19.1 Å². The summed E-state index contributed by atoms with van der Waals surface area (Å²) in [5.74, 6) is 0.917. The molecule has 2 heteroatoms. The summed E-state index contributed by atoms with van der Waals surface area (Å²) in [7, 11) is 0. The lowest BCUT2D eigenvalue weighted by Gasteiger charge is -2.35. The molecule has 0 amide bonds. The molecule has 0 N–H and O–H groups in total. The Morgan fingerprint density at radius 2 is 1.87 bits per heavy atom. The molecule has 0 fully saturated rings. The Morgan fingerprint density at radius 3 is 2.47 bits per heavy atom. The zero-order chi connectivity index (χ0) is 10.9. The third-order valence-corrected chi connectivity index (χ3v) is 2.59. The molecular formula is C13H16O2. The van der Waals surface area contributed by atoms with E-state index in [0.29, 0.717) is 0 Å². The van der Waals surface area contributed by atoms with E-state index in [0.717, 1.165) is 11.3 Å². The Kier molecular flexibility index (Phi) is 2.53.